The quantitative estimate of drug-likeness (QED) is 0.0904. The van der Waals surface area contributed by atoms with E-state index in [9.17, 15) is 49.5 Å². The smallest absolute Gasteiger partial charge is 0.375 e. The Hall–Kier alpha value is -3.97. The van der Waals surface area contributed by atoms with Crippen LogP contribution in [0.25, 0.3) is 0 Å². The van der Waals surface area contributed by atoms with E-state index in [1.165, 1.54) is 0 Å². The number of nitrogens with zero attached hydrogens (tertiary/aromatic N) is 3. The van der Waals surface area contributed by atoms with Crippen molar-refractivity contribution >= 4 is 35.4 Å². The fourth-order valence-electron chi connectivity index (χ4n) is 2.00. The number of carbonyl (C=O) groups excluding carboxylic acids is 4. The van der Waals surface area contributed by atoms with Gasteiger partial charge in [0.05, 0.1) is 18.3 Å². The lowest BCUT2D eigenvalue weighted by atomic mass is 9.92. The molecular weight excluding hydrogens is 496 g/mol. The van der Waals surface area contributed by atoms with Gasteiger partial charge in [0.2, 0.25) is 11.7 Å². The molecule has 0 spiro atoms. The summed E-state index contributed by atoms with van der Waals surface area (Å²) in [5.74, 6) is -4.71. The van der Waals surface area contributed by atoms with Crippen LogP contribution >= 0.6 is 11.8 Å². The topological polar surface area (TPSA) is 256 Å². The van der Waals surface area contributed by atoms with Crippen molar-refractivity contribution in [2.75, 3.05) is 45.0 Å². The largest absolute Gasteiger partial charge is 0.467 e. The number of amides is 1. The van der Waals surface area contributed by atoms with Crippen LogP contribution in [0.4, 0.5) is 0 Å². The Morgan fingerprint density at radius 2 is 1.38 bits per heavy atom. The summed E-state index contributed by atoms with van der Waals surface area (Å²) in [5.41, 5.74) is -2.11. The molecule has 0 rings (SSSR count). The van der Waals surface area contributed by atoms with Gasteiger partial charge < -0.3 is 29.3 Å². The maximum Gasteiger partial charge on any atom is 0.375 e. The highest BCUT2D eigenvalue weighted by Crippen LogP contribution is 2.21. The second-order valence-corrected chi connectivity index (χ2v) is 7.31. The van der Waals surface area contributed by atoms with E-state index in [-0.39, 0.29) is 5.75 Å². The van der Waals surface area contributed by atoms with E-state index < -0.39 is 82.5 Å². The number of ether oxygens (including phenoxy) is 2. The van der Waals surface area contributed by atoms with Gasteiger partial charge in [-0.2, -0.15) is 11.8 Å². The van der Waals surface area contributed by atoms with Crippen LogP contribution in [0.3, 0.4) is 0 Å². The fourth-order valence-corrected chi connectivity index (χ4v) is 2.88. The number of hydrogen-bond acceptors (Lipinski definition) is 16. The van der Waals surface area contributed by atoms with E-state index in [4.69, 9.17) is 0 Å². The summed E-state index contributed by atoms with van der Waals surface area (Å²) < 4.78 is 9.18. The first-order chi connectivity index (χ1) is 15.8. The summed E-state index contributed by atoms with van der Waals surface area (Å²) in [7, 11) is 1.07. The van der Waals surface area contributed by atoms with Gasteiger partial charge in [0.1, 0.15) is 32.5 Å². The zero-order valence-electron chi connectivity index (χ0n) is 17.7. The Balaban J connectivity index is 5.13. The average Bonchev–Trinajstić information content (AvgIpc) is 2.75. The van der Waals surface area contributed by atoms with E-state index in [1.807, 2.05) is 0 Å². The highest BCUT2D eigenvalue weighted by molar-refractivity contribution is 8.00. The van der Waals surface area contributed by atoms with E-state index in [1.54, 1.807) is 0 Å². The summed E-state index contributed by atoms with van der Waals surface area (Å²) >= 11 is 0.751. The third-order valence-corrected chi connectivity index (χ3v) is 4.58. The number of ketones is 1. The number of carbonyl (C=O) groups is 4. The maximum absolute atomic E-state index is 12.0. The Kier molecular flexibility index (Phi) is 13.2. The minimum atomic E-state index is -2.11. The number of Topliss-reactive ketones (excluding diaryl/α,β-unsaturated/α-hetero) is 1. The highest BCUT2D eigenvalue weighted by Gasteiger charge is 2.38. The molecule has 34 heavy (non-hydrogen) atoms. The number of methoxy groups -OCH3 is 1. The summed E-state index contributed by atoms with van der Waals surface area (Å²) in [5, 5.41) is 29.8. The second-order valence-electron chi connectivity index (χ2n) is 6.28. The summed E-state index contributed by atoms with van der Waals surface area (Å²) in [6, 6.07) is -1.11. The maximum atomic E-state index is 12.0. The van der Waals surface area contributed by atoms with Gasteiger partial charge in [-0.3, -0.25) is 9.59 Å². The summed E-state index contributed by atoms with van der Waals surface area (Å²) in [4.78, 5) is 90.4. The Morgan fingerprint density at radius 1 is 0.912 bits per heavy atom. The standard InChI is InChI=1S/C14H20N4O15S/c1-9(19)15-10(12(21)29-2)3-34-4-11(20)13(22)30-5-14(6-31-16(23)24,7-32-17(25)26)8-33-18(27)28/h10H,3-8H2,1-2H3,(H,15,19)/t10-/m0/s1. The van der Waals surface area contributed by atoms with E-state index in [0.29, 0.717) is 0 Å². The van der Waals surface area contributed by atoms with Crippen molar-refractivity contribution in [1.29, 1.82) is 0 Å². The summed E-state index contributed by atoms with van der Waals surface area (Å²) in [6.45, 7) is -3.15. The van der Waals surface area contributed by atoms with E-state index in [2.05, 4.69) is 29.3 Å². The first-order valence-electron chi connectivity index (χ1n) is 8.76. The van der Waals surface area contributed by atoms with Gasteiger partial charge in [0, 0.05) is 12.7 Å². The molecule has 0 bridgehead atoms. The molecule has 0 aromatic heterocycles. The lowest BCUT2D eigenvalue weighted by Crippen LogP contribution is -2.44. The number of thioether (sulfide) groups is 1. The van der Waals surface area contributed by atoms with Crippen molar-refractivity contribution in [2.24, 2.45) is 5.41 Å². The Morgan fingerprint density at radius 3 is 1.76 bits per heavy atom. The fraction of sp³-hybridized carbons (Fsp3) is 0.714. The predicted octanol–water partition coefficient (Wildman–Crippen LogP) is -1.88. The van der Waals surface area contributed by atoms with Crippen LogP contribution in [0, 0.1) is 35.8 Å². The van der Waals surface area contributed by atoms with Gasteiger partial charge >= 0.3 is 11.9 Å². The number of esters is 2. The van der Waals surface area contributed by atoms with Crippen LogP contribution < -0.4 is 5.32 Å². The van der Waals surface area contributed by atoms with Crippen LogP contribution in [0.1, 0.15) is 6.92 Å². The van der Waals surface area contributed by atoms with Crippen molar-refractivity contribution < 1.29 is 58.4 Å². The first kappa shape index (κ1) is 30.0. The normalized spacial score (nSPS) is 11.4. The second kappa shape index (κ2) is 15.0. The molecule has 0 saturated carbocycles. The number of hydrogen-bond donors (Lipinski definition) is 1. The molecule has 1 atom stereocenters. The van der Waals surface area contributed by atoms with Crippen molar-refractivity contribution in [3.8, 4) is 0 Å². The van der Waals surface area contributed by atoms with Crippen LogP contribution in [0.5, 0.6) is 0 Å². The van der Waals surface area contributed by atoms with Crippen LogP contribution in [-0.4, -0.2) is 90.0 Å². The molecule has 0 aliphatic heterocycles. The zero-order valence-corrected chi connectivity index (χ0v) is 18.5. The van der Waals surface area contributed by atoms with Crippen molar-refractivity contribution in [1.82, 2.24) is 5.32 Å². The molecule has 0 fully saturated rings. The third-order valence-electron chi connectivity index (χ3n) is 3.55. The van der Waals surface area contributed by atoms with Crippen molar-refractivity contribution in [3.63, 3.8) is 0 Å². The molecule has 20 heteroatoms. The molecule has 0 radical (unpaired) electrons. The highest BCUT2D eigenvalue weighted by atomic mass is 32.2. The molecule has 1 amide bonds. The van der Waals surface area contributed by atoms with Crippen LogP contribution in [0.15, 0.2) is 0 Å². The number of nitrogens with one attached hydrogen (secondary N) is 1. The molecule has 192 valence electrons. The van der Waals surface area contributed by atoms with Crippen LogP contribution in [-0.2, 0) is 43.2 Å². The first-order valence-corrected chi connectivity index (χ1v) is 9.92. The van der Waals surface area contributed by atoms with Gasteiger partial charge in [-0.15, -0.1) is 30.3 Å². The Labute approximate surface area is 193 Å². The van der Waals surface area contributed by atoms with Gasteiger partial charge in [-0.05, 0) is 0 Å². The molecule has 0 aliphatic carbocycles. The molecule has 1 N–H and O–H groups in total. The minimum Gasteiger partial charge on any atom is -0.467 e. The lowest BCUT2D eigenvalue weighted by Gasteiger charge is -2.29. The molecule has 19 nitrogen and oxygen atoms in total. The van der Waals surface area contributed by atoms with Crippen molar-refractivity contribution in [3.05, 3.63) is 30.3 Å². The molecule has 0 aromatic rings. The predicted molar refractivity (Wildman–Crippen MR) is 104 cm³/mol. The third kappa shape index (κ3) is 12.8. The molecule has 0 unspecified atom stereocenters. The van der Waals surface area contributed by atoms with E-state index in [0.717, 1.165) is 25.8 Å². The molecule has 0 aromatic carbocycles. The lowest BCUT2D eigenvalue weighted by molar-refractivity contribution is -0.782. The molecule has 0 saturated heterocycles. The van der Waals surface area contributed by atoms with Gasteiger partial charge in [-0.25, -0.2) is 9.59 Å². The van der Waals surface area contributed by atoms with Gasteiger partial charge in [0.25, 0.3) is 15.3 Å². The monoisotopic (exact) mass is 516 g/mol. The van der Waals surface area contributed by atoms with Crippen LogP contribution in [0.2, 0.25) is 0 Å². The van der Waals surface area contributed by atoms with Crippen molar-refractivity contribution in [2.45, 2.75) is 13.0 Å². The zero-order chi connectivity index (χ0) is 26.3. The SMILES string of the molecule is COC(=O)[C@H](CSCC(=O)C(=O)OCC(CO[N+](=O)[O-])(CO[N+](=O)[O-])CO[N+](=O)[O-])NC(C)=O. The Bertz CT molecular complexity index is 746. The van der Waals surface area contributed by atoms with Gasteiger partial charge in [-0.1, -0.05) is 0 Å². The minimum absolute atomic E-state index is 0.154. The van der Waals surface area contributed by atoms with E-state index >= 15 is 0 Å². The molecule has 0 heterocycles. The average molecular weight is 516 g/mol. The molecule has 0 aliphatic rings. The summed E-state index contributed by atoms with van der Waals surface area (Å²) in [6.07, 6.45) is 0. The molecular formula is C14H20N4O15S. The van der Waals surface area contributed by atoms with Gasteiger partial charge in [0.15, 0.2) is 0 Å². The number of rotatable bonds is 18.